The molecule has 0 spiro atoms. The van der Waals surface area contributed by atoms with Gasteiger partial charge in [0.05, 0.1) is 4.92 Å². The minimum Gasteiger partial charge on any atom is -1.00 e. The molecule has 16 heavy (non-hydrogen) atoms. The van der Waals surface area contributed by atoms with E-state index >= 15 is 0 Å². The molecule has 0 aliphatic heterocycles. The van der Waals surface area contributed by atoms with Crippen molar-refractivity contribution in [2.75, 3.05) is 5.73 Å². The van der Waals surface area contributed by atoms with E-state index in [0.29, 0.717) is 0 Å². The third kappa shape index (κ3) is 5.64. The van der Waals surface area contributed by atoms with Crippen LogP contribution in [-0.4, -0.2) is 4.92 Å². The summed E-state index contributed by atoms with van der Waals surface area (Å²) in [6.07, 6.45) is 1.82. The summed E-state index contributed by atoms with van der Waals surface area (Å²) in [6.45, 7) is 2.03. The summed E-state index contributed by atoms with van der Waals surface area (Å²) < 4.78 is 0. The van der Waals surface area contributed by atoms with E-state index in [4.69, 9.17) is 5.73 Å². The van der Waals surface area contributed by atoms with E-state index in [2.05, 4.69) is 0 Å². The normalized spacial score (nSPS) is 8.06. The Hall–Kier alpha value is -0.377. The van der Waals surface area contributed by atoms with Gasteiger partial charge >= 0.3 is 19.5 Å². The van der Waals surface area contributed by atoms with Crippen molar-refractivity contribution in [3.8, 4) is 0 Å². The van der Waals surface area contributed by atoms with Crippen molar-refractivity contribution in [3.63, 3.8) is 0 Å². The van der Waals surface area contributed by atoms with Crippen LogP contribution in [0.4, 0.5) is 11.4 Å². The maximum absolute atomic E-state index is 10.5. The van der Waals surface area contributed by atoms with E-state index in [1.807, 2.05) is 13.0 Å². The van der Waals surface area contributed by atoms with Crippen LogP contribution in [0.1, 0.15) is 18.9 Å². The van der Waals surface area contributed by atoms with Crippen molar-refractivity contribution in [1.29, 1.82) is 0 Å². The molecule has 0 atom stereocenters. The molecule has 0 heterocycles. The number of hydrogen-bond donors (Lipinski definition) is 1. The van der Waals surface area contributed by atoms with Crippen LogP contribution in [0, 0.1) is 10.1 Å². The van der Waals surface area contributed by atoms with Crippen LogP contribution >= 0.6 is 0 Å². The van der Waals surface area contributed by atoms with E-state index in [9.17, 15) is 10.1 Å². The number of rotatable bonds is 3. The van der Waals surface area contributed by atoms with E-state index in [-0.39, 0.29) is 55.7 Å². The first-order valence-electron chi connectivity index (χ1n) is 4.18. The number of nitrogens with two attached hydrogens (primary N) is 1. The summed E-state index contributed by atoms with van der Waals surface area (Å²) in [5, 5.41) is 10.5. The molecule has 0 saturated carbocycles. The summed E-state index contributed by atoms with van der Waals surface area (Å²) in [7, 11) is 0. The Bertz CT molecular complexity index is 337. The second-order valence-corrected chi connectivity index (χ2v) is 2.90. The fourth-order valence-corrected chi connectivity index (χ4v) is 1.19. The zero-order chi connectivity index (χ0) is 9.84. The van der Waals surface area contributed by atoms with Gasteiger partial charge in [0.25, 0.3) is 5.69 Å². The molecule has 0 saturated heterocycles. The molecule has 0 unspecified atom stereocenters. The first kappa shape index (κ1) is 21.0. The van der Waals surface area contributed by atoms with Crippen LogP contribution in [0.2, 0.25) is 0 Å². The molecule has 86 valence electrons. The molecule has 7 heteroatoms. The van der Waals surface area contributed by atoms with Crippen molar-refractivity contribution in [2.45, 2.75) is 19.8 Å². The quantitative estimate of drug-likeness (QED) is 0.269. The molecule has 1 rings (SSSR count). The van der Waals surface area contributed by atoms with E-state index < -0.39 is 4.92 Å². The predicted molar refractivity (Wildman–Crippen MR) is 51.5 cm³/mol. The third-order valence-corrected chi connectivity index (χ3v) is 1.83. The van der Waals surface area contributed by atoms with Gasteiger partial charge in [-0.15, -0.1) is 0 Å². The average molecular weight is 317 g/mol. The zero-order valence-corrected chi connectivity index (χ0v) is 13.4. The van der Waals surface area contributed by atoms with Gasteiger partial charge in [-0.2, -0.15) is 0 Å². The number of nitro benzene ring substituents is 1. The molecule has 1 aromatic rings. The van der Waals surface area contributed by atoms with Crippen LogP contribution < -0.4 is 30.5 Å². The van der Waals surface area contributed by atoms with Gasteiger partial charge in [-0.1, -0.05) is 19.4 Å². The van der Waals surface area contributed by atoms with Crippen LogP contribution in [0.25, 0.3) is 0 Å². The van der Waals surface area contributed by atoms with Gasteiger partial charge in [0.1, 0.15) is 5.69 Å². The Morgan fingerprint density at radius 1 is 1.38 bits per heavy atom. The summed E-state index contributed by atoms with van der Waals surface area (Å²) in [4.78, 5) is 10.1. The minimum atomic E-state index is -0.450. The van der Waals surface area contributed by atoms with E-state index in [0.717, 1.165) is 18.4 Å². The van der Waals surface area contributed by atoms with Crippen molar-refractivity contribution >= 4 is 11.4 Å². The van der Waals surface area contributed by atoms with Gasteiger partial charge in [-0.3, -0.25) is 10.1 Å². The van der Waals surface area contributed by atoms with Crippen molar-refractivity contribution in [3.05, 3.63) is 33.9 Å². The topological polar surface area (TPSA) is 69.2 Å². The Labute approximate surface area is 120 Å². The molecule has 0 bridgehead atoms. The van der Waals surface area contributed by atoms with Crippen molar-refractivity contribution < 1.29 is 49.2 Å². The smallest absolute Gasteiger partial charge is 1.00 e. The number of halogens is 2. The second kappa shape index (κ2) is 9.82. The number of aryl methyl sites for hydroxylation is 1. The molecule has 0 aromatic heterocycles. The molecule has 4 nitrogen and oxygen atoms in total. The SMILES string of the molecule is CCCc1ccc(N)c([N+](=O)[O-])c1.[Cl-].[Cl-].[Zn+2]. The third-order valence-electron chi connectivity index (χ3n) is 1.83. The summed E-state index contributed by atoms with van der Waals surface area (Å²) in [6, 6.07) is 4.95. The maximum Gasteiger partial charge on any atom is 2.00 e. The number of anilines is 1. The summed E-state index contributed by atoms with van der Waals surface area (Å²) in [5.74, 6) is 0. The largest absolute Gasteiger partial charge is 2.00 e. The molecule has 0 aliphatic rings. The Morgan fingerprint density at radius 2 is 1.94 bits per heavy atom. The van der Waals surface area contributed by atoms with Crippen LogP contribution in [-0.2, 0) is 25.9 Å². The van der Waals surface area contributed by atoms with Gasteiger partial charge in [0, 0.05) is 6.07 Å². The standard InChI is InChI=1S/C9H12N2O2.2ClH.Zn/c1-2-3-7-4-5-8(10)9(6-7)11(12)13;;;/h4-6H,2-3,10H2,1H3;2*1H;/q;;;+2/p-2. The first-order valence-corrected chi connectivity index (χ1v) is 4.18. The fraction of sp³-hybridized carbons (Fsp3) is 0.333. The number of hydrogen-bond acceptors (Lipinski definition) is 3. The second-order valence-electron chi connectivity index (χ2n) is 2.90. The summed E-state index contributed by atoms with van der Waals surface area (Å²) in [5.41, 5.74) is 6.64. The number of nitrogen functional groups attached to an aromatic ring is 1. The molecular weight excluding hydrogens is 304 g/mol. The summed E-state index contributed by atoms with van der Waals surface area (Å²) >= 11 is 0. The monoisotopic (exact) mass is 314 g/mol. The first-order chi connectivity index (χ1) is 6.15. The van der Waals surface area contributed by atoms with Crippen LogP contribution in [0.5, 0.6) is 0 Å². The Kier molecular flexibility index (Phi) is 12.9. The Morgan fingerprint density at radius 3 is 2.38 bits per heavy atom. The molecule has 0 amide bonds. The fourth-order valence-electron chi connectivity index (χ4n) is 1.19. The van der Waals surface area contributed by atoms with E-state index in [1.54, 1.807) is 12.1 Å². The zero-order valence-electron chi connectivity index (χ0n) is 8.95. The van der Waals surface area contributed by atoms with Crippen molar-refractivity contribution in [1.82, 2.24) is 0 Å². The molecule has 0 aliphatic carbocycles. The van der Waals surface area contributed by atoms with Gasteiger partial charge in [-0.25, -0.2) is 0 Å². The van der Waals surface area contributed by atoms with Gasteiger partial charge in [0.2, 0.25) is 0 Å². The van der Waals surface area contributed by atoms with Crippen molar-refractivity contribution in [2.24, 2.45) is 0 Å². The number of nitrogens with zero attached hydrogens (tertiary/aromatic N) is 1. The van der Waals surface area contributed by atoms with E-state index in [1.165, 1.54) is 0 Å². The van der Waals surface area contributed by atoms with Crippen LogP contribution in [0.3, 0.4) is 0 Å². The predicted octanol–water partition coefficient (Wildman–Crippen LogP) is -3.86. The number of nitro groups is 1. The molecule has 0 radical (unpaired) electrons. The maximum atomic E-state index is 10.5. The van der Waals surface area contributed by atoms with Crippen LogP contribution in [0.15, 0.2) is 18.2 Å². The van der Waals surface area contributed by atoms with Gasteiger partial charge < -0.3 is 30.5 Å². The van der Waals surface area contributed by atoms with Gasteiger partial charge in [0.15, 0.2) is 0 Å². The number of benzene rings is 1. The van der Waals surface area contributed by atoms with Gasteiger partial charge in [-0.05, 0) is 18.1 Å². The molecule has 2 N–H and O–H groups in total. The molecular formula is C9H12Cl2N2O2Zn. The average Bonchev–Trinajstić information content (AvgIpc) is 2.08. The minimum absolute atomic E-state index is 0. The Balaban J connectivity index is -0.000000563. The molecule has 1 aromatic carbocycles. The molecule has 0 fully saturated rings.